The first-order chi connectivity index (χ1) is 15.9. The normalized spacial score (nSPS) is 10.9. The minimum Gasteiger partial charge on any atom is -0.504 e. The molecule has 3 aromatic rings. The van der Waals surface area contributed by atoms with E-state index in [1.165, 1.54) is 19.2 Å². The number of ether oxygens (including phenoxy) is 2. The van der Waals surface area contributed by atoms with E-state index in [-0.39, 0.29) is 36.0 Å². The highest BCUT2D eigenvalue weighted by atomic mass is 19.1. The Morgan fingerprint density at radius 3 is 2.64 bits per heavy atom. The predicted molar refractivity (Wildman–Crippen MR) is 120 cm³/mol. The lowest BCUT2D eigenvalue weighted by Crippen LogP contribution is -2.28. The van der Waals surface area contributed by atoms with Crippen molar-refractivity contribution in [3.8, 4) is 5.75 Å². The monoisotopic (exact) mass is 456 g/mol. The molecule has 0 aliphatic rings. The van der Waals surface area contributed by atoms with E-state index >= 15 is 0 Å². The summed E-state index contributed by atoms with van der Waals surface area (Å²) in [4.78, 5) is 33.3. The zero-order valence-corrected chi connectivity index (χ0v) is 18.4. The fourth-order valence-corrected chi connectivity index (χ4v) is 3.17. The molecule has 0 aliphatic carbocycles. The van der Waals surface area contributed by atoms with Crippen molar-refractivity contribution in [3.05, 3.63) is 59.2 Å². The van der Waals surface area contributed by atoms with Crippen LogP contribution in [-0.2, 0) is 20.7 Å². The SMILES string of the molecule is CCOCCNC(=O)c1nc(NC(=O)COC)c2cc(Cc3ccc(F)cc3)cnc2c1O. The number of anilines is 1. The van der Waals surface area contributed by atoms with Crippen LogP contribution in [-0.4, -0.2) is 60.4 Å². The topological polar surface area (TPSA) is 123 Å². The Hall–Kier alpha value is -3.63. The highest BCUT2D eigenvalue weighted by molar-refractivity contribution is 6.07. The fourth-order valence-electron chi connectivity index (χ4n) is 3.17. The van der Waals surface area contributed by atoms with Crippen molar-refractivity contribution in [2.24, 2.45) is 0 Å². The van der Waals surface area contributed by atoms with E-state index in [1.807, 2.05) is 6.92 Å². The smallest absolute Gasteiger partial charge is 0.273 e. The summed E-state index contributed by atoms with van der Waals surface area (Å²) in [5, 5.41) is 16.3. The summed E-state index contributed by atoms with van der Waals surface area (Å²) in [5.41, 5.74) is 1.43. The lowest BCUT2D eigenvalue weighted by molar-refractivity contribution is -0.119. The summed E-state index contributed by atoms with van der Waals surface area (Å²) in [5.74, 6) is -1.79. The second kappa shape index (κ2) is 11.3. The fraction of sp³-hybridized carbons (Fsp3) is 0.304. The van der Waals surface area contributed by atoms with Gasteiger partial charge >= 0.3 is 0 Å². The summed E-state index contributed by atoms with van der Waals surface area (Å²) in [6, 6.07) is 7.75. The number of nitrogens with one attached hydrogen (secondary N) is 2. The Morgan fingerprint density at radius 2 is 1.94 bits per heavy atom. The van der Waals surface area contributed by atoms with E-state index < -0.39 is 17.6 Å². The second-order valence-corrected chi connectivity index (χ2v) is 7.13. The van der Waals surface area contributed by atoms with Gasteiger partial charge in [-0.1, -0.05) is 12.1 Å². The zero-order chi connectivity index (χ0) is 23.8. The number of aromatic nitrogens is 2. The Balaban J connectivity index is 1.98. The van der Waals surface area contributed by atoms with Gasteiger partial charge in [0.1, 0.15) is 23.8 Å². The number of aromatic hydroxyl groups is 1. The zero-order valence-electron chi connectivity index (χ0n) is 18.4. The quantitative estimate of drug-likeness (QED) is 0.401. The third-order valence-corrected chi connectivity index (χ3v) is 4.68. The number of nitrogens with zero attached hydrogens (tertiary/aromatic N) is 2. The summed E-state index contributed by atoms with van der Waals surface area (Å²) in [6.45, 7) is 2.65. The van der Waals surface area contributed by atoms with Crippen LogP contribution >= 0.6 is 0 Å². The van der Waals surface area contributed by atoms with Crippen LogP contribution in [0.5, 0.6) is 5.75 Å². The molecule has 3 N–H and O–H groups in total. The van der Waals surface area contributed by atoms with E-state index in [0.717, 1.165) is 11.1 Å². The molecule has 10 heteroatoms. The first-order valence-electron chi connectivity index (χ1n) is 10.3. The number of fused-ring (bicyclic) bond motifs is 1. The van der Waals surface area contributed by atoms with Gasteiger partial charge in [0.25, 0.3) is 11.8 Å². The van der Waals surface area contributed by atoms with Crippen molar-refractivity contribution in [1.82, 2.24) is 15.3 Å². The summed E-state index contributed by atoms with van der Waals surface area (Å²) < 4.78 is 23.2. The van der Waals surface area contributed by atoms with E-state index in [0.29, 0.717) is 25.0 Å². The van der Waals surface area contributed by atoms with E-state index in [1.54, 1.807) is 24.4 Å². The molecular weight excluding hydrogens is 431 g/mol. The van der Waals surface area contributed by atoms with Gasteiger partial charge in [0.2, 0.25) is 0 Å². The highest BCUT2D eigenvalue weighted by Crippen LogP contribution is 2.32. The van der Waals surface area contributed by atoms with Crippen LogP contribution < -0.4 is 10.6 Å². The van der Waals surface area contributed by atoms with Crippen molar-refractivity contribution in [2.45, 2.75) is 13.3 Å². The summed E-state index contributed by atoms with van der Waals surface area (Å²) in [7, 11) is 1.38. The van der Waals surface area contributed by atoms with Crippen molar-refractivity contribution in [1.29, 1.82) is 0 Å². The molecule has 0 fully saturated rings. The van der Waals surface area contributed by atoms with Crippen LogP contribution in [0, 0.1) is 5.82 Å². The molecule has 0 saturated heterocycles. The number of rotatable bonds is 10. The average Bonchev–Trinajstić information content (AvgIpc) is 2.80. The molecule has 0 saturated carbocycles. The molecule has 33 heavy (non-hydrogen) atoms. The number of hydrogen-bond donors (Lipinski definition) is 3. The molecule has 0 radical (unpaired) electrons. The van der Waals surface area contributed by atoms with E-state index in [4.69, 9.17) is 9.47 Å². The minimum absolute atomic E-state index is 0.0632. The van der Waals surface area contributed by atoms with Gasteiger partial charge in [-0.15, -0.1) is 0 Å². The van der Waals surface area contributed by atoms with Gasteiger partial charge in [0, 0.05) is 31.8 Å². The maximum atomic E-state index is 13.2. The Morgan fingerprint density at radius 1 is 1.18 bits per heavy atom. The Bertz CT molecular complexity index is 1140. The molecule has 0 spiro atoms. The average molecular weight is 456 g/mol. The number of hydrogen-bond acceptors (Lipinski definition) is 7. The lowest BCUT2D eigenvalue weighted by Gasteiger charge is -2.13. The molecule has 0 bridgehead atoms. The first kappa shape index (κ1) is 24.0. The third kappa shape index (κ3) is 6.21. The number of halogens is 1. The minimum atomic E-state index is -0.631. The van der Waals surface area contributed by atoms with Crippen molar-refractivity contribution < 1.29 is 28.6 Å². The van der Waals surface area contributed by atoms with E-state index in [9.17, 15) is 19.1 Å². The van der Waals surface area contributed by atoms with Gasteiger partial charge in [0.15, 0.2) is 11.4 Å². The Labute approximate surface area is 190 Å². The molecule has 2 aromatic heterocycles. The van der Waals surface area contributed by atoms with Gasteiger partial charge < -0.3 is 25.2 Å². The first-order valence-corrected chi connectivity index (χ1v) is 10.3. The molecule has 0 atom stereocenters. The number of benzene rings is 1. The van der Waals surface area contributed by atoms with Crippen LogP contribution in [0.2, 0.25) is 0 Å². The van der Waals surface area contributed by atoms with Crippen molar-refractivity contribution in [3.63, 3.8) is 0 Å². The molecule has 1 aromatic carbocycles. The number of pyridine rings is 2. The molecule has 174 valence electrons. The van der Waals surface area contributed by atoms with Gasteiger partial charge in [-0.25, -0.2) is 9.37 Å². The van der Waals surface area contributed by atoms with Crippen molar-refractivity contribution in [2.75, 3.05) is 38.8 Å². The highest BCUT2D eigenvalue weighted by Gasteiger charge is 2.21. The third-order valence-electron chi connectivity index (χ3n) is 4.68. The maximum Gasteiger partial charge on any atom is 0.273 e. The predicted octanol–water partition coefficient (Wildman–Crippen LogP) is 2.42. The number of carbonyl (C=O) groups excluding carboxylic acids is 2. The van der Waals surface area contributed by atoms with Crippen molar-refractivity contribution >= 4 is 28.5 Å². The van der Waals surface area contributed by atoms with Crippen LogP contribution in [0.3, 0.4) is 0 Å². The van der Waals surface area contributed by atoms with Crippen LogP contribution in [0.15, 0.2) is 36.5 Å². The van der Waals surface area contributed by atoms with E-state index in [2.05, 4.69) is 20.6 Å². The van der Waals surface area contributed by atoms with Crippen LogP contribution in [0.4, 0.5) is 10.2 Å². The standard InChI is InChI=1S/C23H25FN4O5/c1-3-33-9-8-25-23(31)20-21(30)19-17(22(28-20)27-18(29)13-32-2)11-15(12-26-19)10-14-4-6-16(24)7-5-14/h4-7,11-12,30H,3,8-10,13H2,1-2H3,(H,25,31)(H,27,28,29). The molecule has 2 amide bonds. The molecule has 3 rings (SSSR count). The molecule has 0 unspecified atom stereocenters. The number of methoxy groups -OCH3 is 1. The van der Waals surface area contributed by atoms with Gasteiger partial charge in [0.05, 0.1) is 6.61 Å². The van der Waals surface area contributed by atoms with Crippen LogP contribution in [0.1, 0.15) is 28.5 Å². The summed E-state index contributed by atoms with van der Waals surface area (Å²) >= 11 is 0. The van der Waals surface area contributed by atoms with Crippen LogP contribution in [0.25, 0.3) is 10.9 Å². The molecular formula is C23H25FN4O5. The van der Waals surface area contributed by atoms with Gasteiger partial charge in [-0.2, -0.15) is 0 Å². The number of amides is 2. The second-order valence-electron chi connectivity index (χ2n) is 7.13. The molecule has 2 heterocycles. The molecule has 0 aliphatic heterocycles. The summed E-state index contributed by atoms with van der Waals surface area (Å²) in [6.07, 6.45) is 1.98. The lowest BCUT2D eigenvalue weighted by atomic mass is 10.0. The number of carbonyl (C=O) groups is 2. The largest absolute Gasteiger partial charge is 0.504 e. The Kier molecular flexibility index (Phi) is 8.22. The maximum absolute atomic E-state index is 13.2. The van der Waals surface area contributed by atoms with Gasteiger partial charge in [-0.05, 0) is 42.7 Å². The van der Waals surface area contributed by atoms with Gasteiger partial charge in [-0.3, -0.25) is 14.6 Å². The molecule has 9 nitrogen and oxygen atoms in total.